The maximum atomic E-state index is 12.9. The summed E-state index contributed by atoms with van der Waals surface area (Å²) in [6, 6.07) is 16.8. The van der Waals surface area contributed by atoms with E-state index in [0.717, 1.165) is 35.8 Å². The van der Waals surface area contributed by atoms with Gasteiger partial charge in [-0.2, -0.15) is 0 Å². The molecular weight excluding hydrogens is 295 g/mol. The van der Waals surface area contributed by atoms with Crippen LogP contribution in [0.2, 0.25) is 0 Å². The van der Waals surface area contributed by atoms with Gasteiger partial charge in [0.15, 0.2) is 0 Å². The number of benzene rings is 2. The van der Waals surface area contributed by atoms with Crippen molar-refractivity contribution in [3.8, 4) is 11.3 Å². The number of halogens is 1. The van der Waals surface area contributed by atoms with E-state index in [0.29, 0.717) is 0 Å². The summed E-state index contributed by atoms with van der Waals surface area (Å²) in [7, 11) is 0. The van der Waals surface area contributed by atoms with Crippen molar-refractivity contribution in [2.45, 2.75) is 13.0 Å². The summed E-state index contributed by atoms with van der Waals surface area (Å²) in [5.74, 6) is -0.218. The first-order valence-corrected chi connectivity index (χ1v) is 8.14. The minimum atomic E-state index is -0.218. The number of thiazole rings is 1. The molecule has 22 heavy (non-hydrogen) atoms. The van der Waals surface area contributed by atoms with Crippen molar-refractivity contribution in [2.75, 3.05) is 6.54 Å². The van der Waals surface area contributed by atoms with E-state index in [9.17, 15) is 4.39 Å². The second kappa shape index (κ2) is 7.29. The highest BCUT2D eigenvalue weighted by atomic mass is 32.1. The second-order valence-electron chi connectivity index (χ2n) is 5.05. The molecule has 0 amide bonds. The van der Waals surface area contributed by atoms with Crippen LogP contribution >= 0.6 is 11.3 Å². The highest BCUT2D eigenvalue weighted by Crippen LogP contribution is 2.22. The first-order chi connectivity index (χ1) is 10.8. The molecule has 0 radical (unpaired) electrons. The maximum absolute atomic E-state index is 12.9. The van der Waals surface area contributed by atoms with Gasteiger partial charge in [0.1, 0.15) is 5.82 Å². The van der Waals surface area contributed by atoms with Gasteiger partial charge >= 0.3 is 0 Å². The summed E-state index contributed by atoms with van der Waals surface area (Å²) in [5.41, 5.74) is 3.16. The highest BCUT2D eigenvalue weighted by Gasteiger charge is 2.04. The zero-order valence-electron chi connectivity index (χ0n) is 12.1. The number of hydrogen-bond donors (Lipinski definition) is 1. The Morgan fingerprint density at radius 2 is 1.77 bits per heavy atom. The molecule has 1 aromatic heterocycles. The molecule has 0 aliphatic heterocycles. The lowest BCUT2D eigenvalue weighted by Crippen LogP contribution is -2.16. The average Bonchev–Trinajstić information content (AvgIpc) is 3.02. The van der Waals surface area contributed by atoms with Crippen molar-refractivity contribution in [3.05, 3.63) is 76.4 Å². The van der Waals surface area contributed by atoms with E-state index < -0.39 is 0 Å². The highest BCUT2D eigenvalue weighted by molar-refractivity contribution is 7.09. The molecule has 0 aliphatic rings. The fraction of sp³-hybridized carbons (Fsp3) is 0.167. The van der Waals surface area contributed by atoms with Crippen LogP contribution in [0, 0.1) is 5.82 Å². The van der Waals surface area contributed by atoms with E-state index in [1.807, 2.05) is 23.6 Å². The Bertz CT molecular complexity index is 707. The summed E-state index contributed by atoms with van der Waals surface area (Å²) in [6.07, 6.45) is 0.901. The number of nitrogens with zero attached hydrogens (tertiary/aromatic N) is 1. The van der Waals surface area contributed by atoms with Crippen LogP contribution in [0.15, 0.2) is 60.0 Å². The minimum absolute atomic E-state index is 0.218. The van der Waals surface area contributed by atoms with Crippen LogP contribution in [0.5, 0.6) is 0 Å². The van der Waals surface area contributed by atoms with Crippen molar-refractivity contribution in [2.24, 2.45) is 0 Å². The van der Waals surface area contributed by atoms with Gasteiger partial charge in [-0.25, -0.2) is 9.37 Å². The van der Waals surface area contributed by atoms with E-state index in [4.69, 9.17) is 0 Å². The Kier molecular flexibility index (Phi) is 4.93. The third-order valence-electron chi connectivity index (χ3n) is 3.38. The molecule has 0 aliphatic carbocycles. The van der Waals surface area contributed by atoms with Crippen molar-refractivity contribution in [1.82, 2.24) is 10.3 Å². The van der Waals surface area contributed by atoms with E-state index in [2.05, 4.69) is 22.4 Å². The summed E-state index contributed by atoms with van der Waals surface area (Å²) >= 11 is 1.65. The molecule has 4 heteroatoms. The third-order valence-corrected chi connectivity index (χ3v) is 4.29. The van der Waals surface area contributed by atoms with Crippen LogP contribution in [0.1, 0.15) is 10.6 Å². The molecule has 1 heterocycles. The molecular formula is C18H17FN2S. The van der Waals surface area contributed by atoms with E-state index >= 15 is 0 Å². The molecule has 3 rings (SSSR count). The predicted molar refractivity (Wildman–Crippen MR) is 89.4 cm³/mol. The van der Waals surface area contributed by atoms with E-state index in [1.54, 1.807) is 23.5 Å². The van der Waals surface area contributed by atoms with Gasteiger partial charge in [0, 0.05) is 30.5 Å². The molecule has 0 bridgehead atoms. The zero-order chi connectivity index (χ0) is 15.2. The molecule has 0 atom stereocenters. The monoisotopic (exact) mass is 312 g/mol. The summed E-state index contributed by atoms with van der Waals surface area (Å²) in [6.45, 7) is 1.77. The lowest BCUT2D eigenvalue weighted by Gasteiger charge is -2.03. The van der Waals surface area contributed by atoms with Gasteiger partial charge in [-0.05, 0) is 29.8 Å². The molecule has 0 saturated heterocycles. The predicted octanol–water partition coefficient (Wildman–Crippen LogP) is 4.28. The van der Waals surface area contributed by atoms with Crippen LogP contribution < -0.4 is 5.32 Å². The standard InChI is InChI=1S/C18H17FN2S/c19-16-8-6-15(7-9-16)17-13-22-18(21-17)10-11-20-12-14-4-2-1-3-5-14/h1-9,13,20H,10-12H2. The summed E-state index contributed by atoms with van der Waals surface area (Å²) in [4.78, 5) is 4.61. The van der Waals surface area contributed by atoms with Gasteiger partial charge < -0.3 is 5.32 Å². The summed E-state index contributed by atoms with van der Waals surface area (Å²) < 4.78 is 12.9. The average molecular weight is 312 g/mol. The Balaban J connectivity index is 1.50. The number of hydrogen-bond acceptors (Lipinski definition) is 3. The quantitative estimate of drug-likeness (QED) is 0.687. The Morgan fingerprint density at radius 3 is 2.55 bits per heavy atom. The van der Waals surface area contributed by atoms with Crippen LogP contribution in [0.3, 0.4) is 0 Å². The Morgan fingerprint density at radius 1 is 1.00 bits per heavy atom. The fourth-order valence-electron chi connectivity index (χ4n) is 2.20. The maximum Gasteiger partial charge on any atom is 0.123 e. The molecule has 0 unspecified atom stereocenters. The number of rotatable bonds is 6. The van der Waals surface area contributed by atoms with E-state index in [1.165, 1.54) is 17.7 Å². The molecule has 0 fully saturated rings. The molecule has 3 aromatic rings. The fourth-order valence-corrected chi connectivity index (χ4v) is 3.01. The first kappa shape index (κ1) is 14.9. The van der Waals surface area contributed by atoms with Crippen molar-refractivity contribution < 1.29 is 4.39 Å². The normalized spacial score (nSPS) is 10.8. The van der Waals surface area contributed by atoms with Gasteiger partial charge in [0.25, 0.3) is 0 Å². The first-order valence-electron chi connectivity index (χ1n) is 7.26. The summed E-state index contributed by atoms with van der Waals surface area (Å²) in [5, 5.41) is 6.55. The smallest absolute Gasteiger partial charge is 0.123 e. The van der Waals surface area contributed by atoms with Crippen molar-refractivity contribution in [3.63, 3.8) is 0 Å². The Hall–Kier alpha value is -2.04. The van der Waals surface area contributed by atoms with Gasteiger partial charge in [-0.3, -0.25) is 0 Å². The molecule has 112 valence electrons. The topological polar surface area (TPSA) is 24.9 Å². The van der Waals surface area contributed by atoms with Crippen molar-refractivity contribution >= 4 is 11.3 Å². The Labute approximate surface area is 133 Å². The van der Waals surface area contributed by atoms with Gasteiger partial charge in [-0.1, -0.05) is 30.3 Å². The largest absolute Gasteiger partial charge is 0.312 e. The van der Waals surface area contributed by atoms with Crippen LogP contribution in [0.4, 0.5) is 4.39 Å². The van der Waals surface area contributed by atoms with Crippen molar-refractivity contribution in [1.29, 1.82) is 0 Å². The zero-order valence-corrected chi connectivity index (χ0v) is 12.9. The molecule has 2 nitrogen and oxygen atoms in total. The second-order valence-corrected chi connectivity index (χ2v) is 5.99. The lowest BCUT2D eigenvalue weighted by atomic mass is 10.2. The van der Waals surface area contributed by atoms with Gasteiger partial charge in [0.05, 0.1) is 10.7 Å². The molecule has 0 saturated carbocycles. The third kappa shape index (κ3) is 4.00. The number of nitrogens with one attached hydrogen (secondary N) is 1. The minimum Gasteiger partial charge on any atom is -0.312 e. The van der Waals surface area contributed by atoms with Gasteiger partial charge in [-0.15, -0.1) is 11.3 Å². The number of aromatic nitrogens is 1. The van der Waals surface area contributed by atoms with Crippen LogP contribution in [-0.2, 0) is 13.0 Å². The molecule has 0 spiro atoms. The van der Waals surface area contributed by atoms with Crippen LogP contribution in [-0.4, -0.2) is 11.5 Å². The molecule has 1 N–H and O–H groups in total. The SMILES string of the molecule is Fc1ccc(-c2csc(CCNCc3ccccc3)n2)cc1. The van der Waals surface area contributed by atoms with E-state index in [-0.39, 0.29) is 5.82 Å². The molecule has 2 aromatic carbocycles. The van der Waals surface area contributed by atoms with Crippen LogP contribution in [0.25, 0.3) is 11.3 Å². The lowest BCUT2D eigenvalue weighted by molar-refractivity contribution is 0.628. The van der Waals surface area contributed by atoms with Gasteiger partial charge in [0.2, 0.25) is 0 Å².